The maximum atomic E-state index is 14.1. The average molecular weight is 523 g/mol. The van der Waals surface area contributed by atoms with Gasteiger partial charge in [-0.2, -0.15) is 4.37 Å². The van der Waals surface area contributed by atoms with Gasteiger partial charge in [-0.1, -0.05) is 18.2 Å². The molecule has 0 saturated carbocycles. The third-order valence-corrected chi connectivity index (χ3v) is 6.72. The molecule has 3 amide bonds. The highest BCUT2D eigenvalue weighted by molar-refractivity contribution is 7.09. The van der Waals surface area contributed by atoms with Crippen LogP contribution in [0.25, 0.3) is 0 Å². The lowest BCUT2D eigenvalue weighted by molar-refractivity contribution is -0.123. The van der Waals surface area contributed by atoms with Gasteiger partial charge in [0.15, 0.2) is 5.69 Å². The number of hydrogen-bond acceptors (Lipinski definition) is 7. The molecule has 196 valence electrons. The number of aryl methyl sites for hydroxylation is 2. The Balaban J connectivity index is 2.26. The zero-order valence-electron chi connectivity index (χ0n) is 22.2. The number of primary amides is 1. The molecule has 9 nitrogen and oxygen atoms in total. The number of rotatable bonds is 7. The van der Waals surface area contributed by atoms with Crippen LogP contribution < -0.4 is 26.6 Å². The average Bonchev–Trinajstić information content (AvgIpc) is 3.19. The Bertz CT molecular complexity index is 1320. The predicted molar refractivity (Wildman–Crippen MR) is 149 cm³/mol. The molecule has 3 rings (SSSR count). The van der Waals surface area contributed by atoms with Crippen molar-refractivity contribution in [3.05, 3.63) is 69.7 Å². The number of amides is 3. The lowest BCUT2D eigenvalue weighted by atomic mass is 9.99. The largest absolute Gasteiger partial charge is 0.395 e. The Kier molecular flexibility index (Phi) is 7.92. The van der Waals surface area contributed by atoms with Gasteiger partial charge in [0.05, 0.1) is 5.69 Å². The zero-order valence-corrected chi connectivity index (χ0v) is 23.1. The summed E-state index contributed by atoms with van der Waals surface area (Å²) in [5.74, 6) is -1.75. The Hall–Kier alpha value is -3.92. The first-order valence-corrected chi connectivity index (χ1v) is 12.5. The van der Waals surface area contributed by atoms with Crippen LogP contribution in [0.5, 0.6) is 0 Å². The predicted octanol–water partition coefficient (Wildman–Crippen LogP) is 3.81. The van der Waals surface area contributed by atoms with Crippen molar-refractivity contribution in [2.24, 2.45) is 5.73 Å². The highest BCUT2D eigenvalue weighted by Crippen LogP contribution is 2.34. The lowest BCUT2D eigenvalue weighted by Crippen LogP contribution is -2.49. The molecule has 0 fully saturated rings. The summed E-state index contributed by atoms with van der Waals surface area (Å²) in [7, 11) is 3.85. The van der Waals surface area contributed by atoms with E-state index in [1.54, 1.807) is 6.07 Å². The van der Waals surface area contributed by atoms with Crippen molar-refractivity contribution in [1.29, 1.82) is 0 Å². The van der Waals surface area contributed by atoms with Gasteiger partial charge in [-0.3, -0.25) is 19.3 Å². The molecule has 10 heteroatoms. The highest BCUT2D eigenvalue weighted by Gasteiger charge is 2.37. The van der Waals surface area contributed by atoms with Gasteiger partial charge in [-0.05, 0) is 87.1 Å². The van der Waals surface area contributed by atoms with Gasteiger partial charge in [-0.25, -0.2) is 0 Å². The molecule has 5 N–H and O–H groups in total. The summed E-state index contributed by atoms with van der Waals surface area (Å²) in [5, 5.41) is 3.01. The molecule has 2 aromatic carbocycles. The van der Waals surface area contributed by atoms with E-state index in [0.29, 0.717) is 11.3 Å². The van der Waals surface area contributed by atoms with E-state index < -0.39 is 23.4 Å². The van der Waals surface area contributed by atoms with Crippen LogP contribution in [0.3, 0.4) is 0 Å². The van der Waals surface area contributed by atoms with E-state index in [0.717, 1.165) is 28.3 Å². The second-order valence-electron chi connectivity index (χ2n) is 10.2. The molecular weight excluding hydrogens is 488 g/mol. The molecule has 0 radical (unpaired) electrons. The molecule has 1 heterocycles. The summed E-state index contributed by atoms with van der Waals surface area (Å²) >= 11 is 0.781. The van der Waals surface area contributed by atoms with Gasteiger partial charge in [-0.15, -0.1) is 0 Å². The van der Waals surface area contributed by atoms with Crippen LogP contribution in [0.1, 0.15) is 63.7 Å². The van der Waals surface area contributed by atoms with Gasteiger partial charge in [0, 0.05) is 31.0 Å². The number of nitrogens with one attached hydrogen (secondary N) is 1. The van der Waals surface area contributed by atoms with Gasteiger partial charge in [0.25, 0.3) is 11.8 Å². The van der Waals surface area contributed by atoms with Crippen LogP contribution in [-0.2, 0) is 4.79 Å². The third-order valence-electron chi connectivity index (χ3n) is 5.87. The molecule has 0 aliphatic carbocycles. The molecule has 0 aliphatic heterocycles. The van der Waals surface area contributed by atoms with Gasteiger partial charge < -0.3 is 21.7 Å². The first-order valence-electron chi connectivity index (χ1n) is 11.8. The number of benzene rings is 2. The quantitative estimate of drug-likeness (QED) is 0.432. The van der Waals surface area contributed by atoms with Gasteiger partial charge in [0.2, 0.25) is 5.91 Å². The van der Waals surface area contributed by atoms with Crippen molar-refractivity contribution in [3.8, 4) is 0 Å². The first-order chi connectivity index (χ1) is 17.2. The minimum Gasteiger partial charge on any atom is -0.395 e. The Morgan fingerprint density at radius 2 is 1.57 bits per heavy atom. The van der Waals surface area contributed by atoms with E-state index in [2.05, 4.69) is 9.69 Å². The number of nitrogens with two attached hydrogens (primary N) is 2. The van der Waals surface area contributed by atoms with E-state index in [1.807, 2.05) is 90.0 Å². The summed E-state index contributed by atoms with van der Waals surface area (Å²) in [6, 6.07) is 11.9. The Morgan fingerprint density at radius 3 is 2.05 bits per heavy atom. The molecule has 0 aliphatic rings. The molecule has 3 aromatic rings. The topological polar surface area (TPSA) is 135 Å². The van der Waals surface area contributed by atoms with E-state index in [9.17, 15) is 14.4 Å². The highest BCUT2D eigenvalue weighted by atomic mass is 32.1. The van der Waals surface area contributed by atoms with Crippen LogP contribution in [0, 0.1) is 13.8 Å². The molecule has 37 heavy (non-hydrogen) atoms. The molecule has 0 saturated heterocycles. The molecule has 0 bridgehead atoms. The fourth-order valence-electron chi connectivity index (χ4n) is 3.81. The number of nitrogens with zero attached hydrogens (tertiary/aromatic N) is 3. The normalized spacial score (nSPS) is 12.1. The van der Waals surface area contributed by atoms with Crippen molar-refractivity contribution in [3.63, 3.8) is 0 Å². The number of aromatic nitrogens is 1. The van der Waals surface area contributed by atoms with E-state index >= 15 is 0 Å². The first kappa shape index (κ1) is 27.7. The number of anilines is 3. The lowest BCUT2D eigenvalue weighted by Gasteiger charge is -2.34. The van der Waals surface area contributed by atoms with Crippen LogP contribution in [-0.4, -0.2) is 41.7 Å². The summed E-state index contributed by atoms with van der Waals surface area (Å²) in [6.07, 6.45) is 0. The van der Waals surface area contributed by atoms with Crippen molar-refractivity contribution in [1.82, 2.24) is 9.69 Å². The van der Waals surface area contributed by atoms with Crippen molar-refractivity contribution in [2.75, 3.05) is 29.6 Å². The Labute approximate surface area is 221 Å². The minimum atomic E-state index is -1.04. The monoisotopic (exact) mass is 522 g/mol. The fourth-order valence-corrected chi connectivity index (χ4v) is 4.55. The fraction of sp³-hybridized carbons (Fsp3) is 0.333. The second kappa shape index (κ2) is 10.6. The van der Waals surface area contributed by atoms with Crippen molar-refractivity contribution in [2.45, 2.75) is 46.2 Å². The number of nitrogen functional groups attached to an aromatic ring is 1. The van der Waals surface area contributed by atoms with Crippen molar-refractivity contribution >= 4 is 46.3 Å². The van der Waals surface area contributed by atoms with E-state index in [4.69, 9.17) is 11.5 Å². The maximum Gasteiger partial charge on any atom is 0.273 e. The summed E-state index contributed by atoms with van der Waals surface area (Å²) in [6.45, 7) is 9.53. The summed E-state index contributed by atoms with van der Waals surface area (Å²) < 4.78 is 4.00. The van der Waals surface area contributed by atoms with E-state index in [1.165, 1.54) is 4.90 Å². The summed E-state index contributed by atoms with van der Waals surface area (Å²) in [4.78, 5) is 43.2. The van der Waals surface area contributed by atoms with Gasteiger partial charge in [0.1, 0.15) is 10.9 Å². The molecule has 0 spiro atoms. The number of carbonyl (C=O) groups is 3. The number of hydrogen-bond donors (Lipinski definition) is 3. The summed E-state index contributed by atoms with van der Waals surface area (Å²) in [5.41, 5.74) is 14.7. The smallest absolute Gasteiger partial charge is 0.273 e. The molecular formula is C27H34N6O3S. The third kappa shape index (κ3) is 6.08. The molecule has 1 aromatic heterocycles. The second-order valence-corrected chi connectivity index (χ2v) is 11.0. The Morgan fingerprint density at radius 1 is 0.973 bits per heavy atom. The minimum absolute atomic E-state index is 0.0329. The molecule has 0 unspecified atom stereocenters. The van der Waals surface area contributed by atoms with Crippen molar-refractivity contribution < 1.29 is 14.4 Å². The van der Waals surface area contributed by atoms with Gasteiger partial charge >= 0.3 is 0 Å². The van der Waals surface area contributed by atoms with Crippen LogP contribution in [0.2, 0.25) is 0 Å². The SMILES string of the molecule is Cc1ccc(N(C(=O)c2snc(C(N)=O)c2N)[C@H](C(=O)NC(C)(C)C)c2ccc(N(C)C)cc2)cc1C. The van der Waals surface area contributed by atoms with Crippen LogP contribution >= 0.6 is 11.5 Å². The van der Waals surface area contributed by atoms with Crippen LogP contribution in [0.4, 0.5) is 17.1 Å². The van der Waals surface area contributed by atoms with Crippen LogP contribution in [0.15, 0.2) is 42.5 Å². The van der Waals surface area contributed by atoms with E-state index in [-0.39, 0.29) is 22.2 Å². The molecule has 1 atom stereocenters. The number of carbonyl (C=O) groups excluding carboxylic acids is 3. The zero-order chi connectivity index (χ0) is 27.7. The standard InChI is InChI=1S/C27H34N6O3S/c1-15-8-11-19(14-16(15)2)33(26(36)23-20(28)21(24(29)34)31-37-23)22(25(35)30-27(3,4)5)17-9-12-18(13-10-17)32(6)7/h8-14,22H,28H2,1-7H3,(H2,29,34)(H,30,35)/t22-/m0/s1. The maximum absolute atomic E-state index is 14.1.